The van der Waals surface area contributed by atoms with Crippen molar-refractivity contribution >= 4 is 44.5 Å². The number of rotatable bonds is 7. The molecule has 2 aromatic carbocycles. The summed E-state index contributed by atoms with van der Waals surface area (Å²) in [5.74, 6) is 0. The molecule has 2 rings (SSSR count). The summed E-state index contributed by atoms with van der Waals surface area (Å²) in [6.07, 6.45) is 5.17. The number of hydrogen-bond donors (Lipinski definition) is 0. The van der Waals surface area contributed by atoms with Gasteiger partial charge in [0, 0.05) is 0 Å². The summed E-state index contributed by atoms with van der Waals surface area (Å²) in [7, 11) is -2.77. The van der Waals surface area contributed by atoms with E-state index in [1.54, 1.807) is 0 Å². The summed E-state index contributed by atoms with van der Waals surface area (Å²) in [5, 5.41) is 0. The van der Waals surface area contributed by atoms with Crippen LogP contribution in [-0.4, -0.2) is 32.4 Å². The summed E-state index contributed by atoms with van der Waals surface area (Å²) >= 11 is -1.79. The van der Waals surface area contributed by atoms with Gasteiger partial charge in [-0.25, -0.2) is 0 Å². The SMILES string of the molecule is C[CH2][Ga](/[C](=C\c1ccccc1)[Si](C)(C)C)/[C](=C\c1ccccc1)[Si](C)(C)C. The van der Waals surface area contributed by atoms with E-state index in [-0.39, 0.29) is 0 Å². The fourth-order valence-electron chi connectivity index (χ4n) is 3.74. The average molecular weight is 449 g/mol. The van der Waals surface area contributed by atoms with Crippen LogP contribution in [0.15, 0.2) is 68.2 Å². The van der Waals surface area contributed by atoms with Crippen molar-refractivity contribution in [3.63, 3.8) is 0 Å². The molecule has 2 aromatic rings. The van der Waals surface area contributed by atoms with E-state index in [0.29, 0.717) is 0 Å². The monoisotopic (exact) mass is 448 g/mol. The molecule has 0 aliphatic carbocycles. The zero-order valence-electron chi connectivity index (χ0n) is 18.2. The molecule has 27 heavy (non-hydrogen) atoms. The van der Waals surface area contributed by atoms with E-state index < -0.39 is 32.4 Å². The van der Waals surface area contributed by atoms with Gasteiger partial charge in [0.1, 0.15) is 0 Å². The summed E-state index contributed by atoms with van der Waals surface area (Å²) in [6.45, 7) is 17.7. The molecular weight excluding hydrogens is 414 g/mol. The van der Waals surface area contributed by atoms with Crippen LogP contribution < -0.4 is 0 Å². The molecule has 0 aromatic heterocycles. The molecule has 0 saturated carbocycles. The van der Waals surface area contributed by atoms with Gasteiger partial charge in [-0.15, -0.1) is 0 Å². The molecule has 0 aliphatic heterocycles. The van der Waals surface area contributed by atoms with E-state index in [2.05, 4.69) is 119 Å². The van der Waals surface area contributed by atoms with Crippen LogP contribution in [0.1, 0.15) is 18.1 Å². The van der Waals surface area contributed by atoms with Gasteiger partial charge in [0.05, 0.1) is 0 Å². The van der Waals surface area contributed by atoms with Crippen molar-refractivity contribution in [3.8, 4) is 0 Å². The molecule has 0 nitrogen and oxygen atoms in total. The van der Waals surface area contributed by atoms with E-state index >= 15 is 0 Å². The summed E-state index contributed by atoms with van der Waals surface area (Å²) < 4.78 is 3.74. The Hall–Kier alpha value is -1.01. The van der Waals surface area contributed by atoms with Crippen LogP contribution >= 0.6 is 0 Å². The first kappa shape index (κ1) is 22.3. The van der Waals surface area contributed by atoms with Crippen molar-refractivity contribution in [3.05, 3.63) is 79.3 Å². The van der Waals surface area contributed by atoms with Crippen LogP contribution in [0.4, 0.5) is 0 Å². The molecule has 0 aliphatic rings. The topological polar surface area (TPSA) is 0 Å². The van der Waals surface area contributed by atoms with Crippen molar-refractivity contribution in [2.45, 2.75) is 51.2 Å². The average Bonchev–Trinajstić information content (AvgIpc) is 2.60. The molecule has 0 amide bonds. The number of benzene rings is 2. The summed E-state index contributed by atoms with van der Waals surface area (Å²) in [5.41, 5.74) is 2.77. The molecule has 142 valence electrons. The third-order valence-corrected chi connectivity index (χ3v) is 29.0. The van der Waals surface area contributed by atoms with Crippen LogP contribution in [0.5, 0.6) is 0 Å². The molecule has 0 spiro atoms. The Morgan fingerprint density at radius 1 is 0.667 bits per heavy atom. The zero-order valence-corrected chi connectivity index (χ0v) is 22.6. The standard InChI is InChI=1S/2C11H15Si.C2H5.Ga/c2*1-12(2,3)10-9-11-7-5-4-6-8-11;1-2;/h2*4-9H,1-3H3;1H2,2H3;. The second-order valence-corrected chi connectivity index (χ2v) is 28.7. The van der Waals surface area contributed by atoms with Gasteiger partial charge in [-0.1, -0.05) is 0 Å². The predicted molar refractivity (Wildman–Crippen MR) is 132 cm³/mol. The Morgan fingerprint density at radius 3 is 1.26 bits per heavy atom. The van der Waals surface area contributed by atoms with E-state index in [1.807, 2.05) is 7.50 Å². The maximum atomic E-state index is 2.58. The number of hydrogen-bond acceptors (Lipinski definition) is 0. The van der Waals surface area contributed by atoms with E-state index in [4.69, 9.17) is 0 Å². The van der Waals surface area contributed by atoms with Crippen molar-refractivity contribution in [2.75, 3.05) is 0 Å². The first-order chi connectivity index (χ1) is 12.6. The first-order valence-corrected chi connectivity index (χ1v) is 21.3. The Balaban J connectivity index is 2.62. The van der Waals surface area contributed by atoms with Crippen LogP contribution in [0.2, 0.25) is 44.3 Å². The first-order valence-electron chi connectivity index (χ1n) is 10.2. The van der Waals surface area contributed by atoms with Crippen molar-refractivity contribution in [1.82, 2.24) is 0 Å². The Morgan fingerprint density at radius 2 is 1.00 bits per heavy atom. The summed E-state index contributed by atoms with van der Waals surface area (Å²) in [4.78, 5) is 1.36. The van der Waals surface area contributed by atoms with Gasteiger partial charge in [-0.2, -0.15) is 0 Å². The third-order valence-electron chi connectivity index (χ3n) is 5.13. The van der Waals surface area contributed by atoms with Gasteiger partial charge in [-0.3, -0.25) is 0 Å². The molecule has 0 radical (unpaired) electrons. The molecule has 0 N–H and O–H groups in total. The van der Waals surface area contributed by atoms with Crippen LogP contribution in [0.3, 0.4) is 0 Å². The minimum atomic E-state index is -1.79. The minimum absolute atomic E-state index is 1.36. The zero-order chi connectivity index (χ0) is 20.1. The molecule has 0 fully saturated rings. The van der Waals surface area contributed by atoms with Gasteiger partial charge < -0.3 is 0 Å². The summed E-state index contributed by atoms with van der Waals surface area (Å²) in [6, 6.07) is 22.0. The van der Waals surface area contributed by atoms with Gasteiger partial charge in [0.25, 0.3) is 0 Å². The second kappa shape index (κ2) is 9.46. The van der Waals surface area contributed by atoms with Crippen LogP contribution in [-0.2, 0) is 0 Å². The van der Waals surface area contributed by atoms with E-state index in [1.165, 1.54) is 16.1 Å². The third kappa shape index (κ3) is 6.53. The Bertz CT molecular complexity index is 711. The molecular formula is C24H35GaSi2. The van der Waals surface area contributed by atoms with Gasteiger partial charge in [-0.05, 0) is 0 Å². The Labute approximate surface area is 174 Å². The predicted octanol–water partition coefficient (Wildman–Crippen LogP) is 7.50. The molecule has 0 heterocycles. The van der Waals surface area contributed by atoms with E-state index in [0.717, 1.165) is 0 Å². The van der Waals surface area contributed by atoms with E-state index in [9.17, 15) is 0 Å². The van der Waals surface area contributed by atoms with Gasteiger partial charge in [0.2, 0.25) is 0 Å². The molecule has 0 bridgehead atoms. The quantitative estimate of drug-likeness (QED) is 0.384. The van der Waals surface area contributed by atoms with Crippen molar-refractivity contribution < 1.29 is 0 Å². The van der Waals surface area contributed by atoms with Crippen molar-refractivity contribution in [2.24, 2.45) is 0 Å². The fourth-order valence-corrected chi connectivity index (χ4v) is 28.9. The fraction of sp³-hybridized carbons (Fsp3) is 0.333. The maximum absolute atomic E-state index is 2.58. The molecule has 0 unspecified atom stereocenters. The second-order valence-electron chi connectivity index (χ2n) is 9.48. The van der Waals surface area contributed by atoms with Crippen molar-refractivity contribution in [1.29, 1.82) is 0 Å². The van der Waals surface area contributed by atoms with Crippen LogP contribution in [0.25, 0.3) is 12.2 Å². The molecule has 3 heteroatoms. The van der Waals surface area contributed by atoms with Gasteiger partial charge >= 0.3 is 175 Å². The van der Waals surface area contributed by atoms with Crippen LogP contribution in [0, 0.1) is 0 Å². The normalized spacial score (nSPS) is 13.6. The Kier molecular flexibility index (Phi) is 7.81. The molecule has 0 atom stereocenters. The molecule has 0 saturated heterocycles. The van der Waals surface area contributed by atoms with Gasteiger partial charge in [0.15, 0.2) is 0 Å².